The Morgan fingerprint density at radius 2 is 0.846 bits per heavy atom. The third kappa shape index (κ3) is 3.89. The van der Waals surface area contributed by atoms with Crippen molar-refractivity contribution in [2.45, 2.75) is 0 Å². The first-order valence-electron chi connectivity index (χ1n) is 7.85. The zero-order valence-electron chi connectivity index (χ0n) is 14.0. The first-order chi connectivity index (χ1) is 11.8. The molecule has 6 heteroatoms. The van der Waals surface area contributed by atoms with Gasteiger partial charge in [-0.3, -0.25) is 0 Å². The van der Waals surface area contributed by atoms with Crippen LogP contribution in [0.1, 0.15) is 22.8 Å². The van der Waals surface area contributed by atoms with E-state index < -0.39 is 0 Å². The van der Waals surface area contributed by atoms with Crippen LogP contribution in [-0.2, 0) is 19.5 Å². The molecule has 3 aromatic rings. The predicted octanol–water partition coefficient (Wildman–Crippen LogP) is 4.27. The Morgan fingerprint density at radius 1 is 0.500 bits per heavy atom. The molecule has 0 saturated heterocycles. The molecular formula is C20H14N4SnZn. The van der Waals surface area contributed by atoms with Gasteiger partial charge in [-0.05, 0) is 72.8 Å². The molecule has 0 aromatic carbocycles. The summed E-state index contributed by atoms with van der Waals surface area (Å²) in [5.74, 6) is 0. The molecule has 3 aromatic heterocycles. The van der Waals surface area contributed by atoms with Crippen LogP contribution in [0, 0.1) is 0 Å². The molecule has 0 atom stereocenters. The number of nitrogens with zero attached hydrogens (tertiary/aromatic N) is 2. The van der Waals surface area contributed by atoms with E-state index in [4.69, 9.17) is 0 Å². The van der Waals surface area contributed by atoms with Crippen LogP contribution in [0.2, 0.25) is 0 Å². The van der Waals surface area contributed by atoms with Crippen LogP contribution < -0.4 is 0 Å². The van der Waals surface area contributed by atoms with Gasteiger partial charge in [0.25, 0.3) is 0 Å². The van der Waals surface area contributed by atoms with E-state index in [1.54, 1.807) is 0 Å². The molecule has 2 aliphatic rings. The van der Waals surface area contributed by atoms with Crippen molar-refractivity contribution in [3.8, 4) is 0 Å². The molecule has 8 bridgehead atoms. The molecule has 0 amide bonds. The van der Waals surface area contributed by atoms with Gasteiger partial charge in [0.15, 0.2) is 0 Å². The molecule has 0 fully saturated rings. The van der Waals surface area contributed by atoms with Crippen molar-refractivity contribution < 1.29 is 19.5 Å². The van der Waals surface area contributed by atoms with E-state index in [0.717, 1.165) is 44.8 Å². The smallest absolute Gasteiger partial charge is 0.0659 e. The van der Waals surface area contributed by atoms with Gasteiger partial charge < -0.3 is 9.97 Å². The Morgan fingerprint density at radius 3 is 1.27 bits per heavy atom. The molecule has 2 aliphatic heterocycles. The summed E-state index contributed by atoms with van der Waals surface area (Å²) in [4.78, 5) is 16.0. The van der Waals surface area contributed by atoms with Crippen LogP contribution in [0.4, 0.5) is 0 Å². The van der Waals surface area contributed by atoms with Gasteiger partial charge in [0.1, 0.15) is 0 Å². The maximum Gasteiger partial charge on any atom is 0.0659 e. The van der Waals surface area contributed by atoms with Crippen molar-refractivity contribution in [2.24, 2.45) is 0 Å². The second kappa shape index (κ2) is 7.72. The van der Waals surface area contributed by atoms with E-state index in [2.05, 4.69) is 50.3 Å². The molecule has 5 rings (SSSR count). The second-order valence-corrected chi connectivity index (χ2v) is 5.91. The predicted molar refractivity (Wildman–Crippen MR) is 105 cm³/mol. The van der Waals surface area contributed by atoms with E-state index in [0.29, 0.717) is 0 Å². The van der Waals surface area contributed by atoms with Crippen LogP contribution in [0.5, 0.6) is 0 Å². The van der Waals surface area contributed by atoms with Gasteiger partial charge in [-0.1, -0.05) is 0 Å². The van der Waals surface area contributed by atoms with E-state index in [-0.39, 0.29) is 43.4 Å². The number of fused-ring (bicyclic) bond motifs is 8. The number of rotatable bonds is 0. The van der Waals surface area contributed by atoms with Crippen LogP contribution >= 0.6 is 0 Å². The molecule has 120 valence electrons. The fourth-order valence-electron chi connectivity index (χ4n) is 2.94. The summed E-state index contributed by atoms with van der Waals surface area (Å²) in [5, 5.41) is 0. The van der Waals surface area contributed by atoms with Gasteiger partial charge in [-0.15, -0.1) is 0 Å². The molecule has 0 saturated carbocycles. The molecule has 0 unspecified atom stereocenters. The zero-order chi connectivity index (χ0) is 15.9. The summed E-state index contributed by atoms with van der Waals surface area (Å²) in [6, 6.07) is 16.4. The number of nitrogens with one attached hydrogen (secondary N) is 2. The summed E-state index contributed by atoms with van der Waals surface area (Å²) in [6.45, 7) is 0. The zero-order valence-corrected chi connectivity index (χ0v) is 19.9. The molecule has 4 radical (unpaired) electrons. The van der Waals surface area contributed by atoms with E-state index in [1.165, 1.54) is 0 Å². The number of H-pyrrole nitrogens is 2. The maximum atomic E-state index is 4.62. The SMILES string of the molecule is C1=Cc2cc3ccc(cc4ccc(cc5nc(cc1n2)C=C5)[nH]4)[nH]3.[Sn].[Zn]. The summed E-state index contributed by atoms with van der Waals surface area (Å²) in [7, 11) is 0. The van der Waals surface area contributed by atoms with E-state index in [1.807, 2.05) is 42.5 Å². The van der Waals surface area contributed by atoms with Crippen molar-refractivity contribution in [3.63, 3.8) is 0 Å². The number of aromatic nitrogens is 4. The fraction of sp³-hybridized carbons (Fsp3) is 0. The van der Waals surface area contributed by atoms with Gasteiger partial charge in [0, 0.05) is 65.5 Å². The average Bonchev–Trinajstić information content (AvgIpc) is 3.32. The van der Waals surface area contributed by atoms with Crippen LogP contribution in [0.25, 0.3) is 46.4 Å². The summed E-state index contributed by atoms with van der Waals surface area (Å²) >= 11 is 0. The first-order valence-corrected chi connectivity index (χ1v) is 7.85. The quantitative estimate of drug-likeness (QED) is 0.316. The Labute approximate surface area is 180 Å². The van der Waals surface area contributed by atoms with Crippen molar-refractivity contribution in [1.29, 1.82) is 0 Å². The minimum atomic E-state index is 0. The molecule has 4 nitrogen and oxygen atoms in total. The number of hydrogen-bond donors (Lipinski definition) is 2. The summed E-state index contributed by atoms with van der Waals surface area (Å²) < 4.78 is 0. The third-order valence-corrected chi connectivity index (χ3v) is 4.04. The van der Waals surface area contributed by atoms with Gasteiger partial charge in [-0.2, -0.15) is 0 Å². The minimum absolute atomic E-state index is 0. The molecule has 0 spiro atoms. The van der Waals surface area contributed by atoms with E-state index in [9.17, 15) is 0 Å². The van der Waals surface area contributed by atoms with Crippen LogP contribution in [-0.4, -0.2) is 43.8 Å². The monoisotopic (exact) mass is 494 g/mol. The van der Waals surface area contributed by atoms with Crippen molar-refractivity contribution in [3.05, 3.63) is 71.3 Å². The Hall–Kier alpha value is -1.98. The molecule has 2 N–H and O–H groups in total. The fourth-order valence-corrected chi connectivity index (χ4v) is 2.94. The molecule has 0 aliphatic carbocycles. The third-order valence-electron chi connectivity index (χ3n) is 4.04. The average molecular weight is 494 g/mol. The first kappa shape index (κ1) is 18.8. The largest absolute Gasteiger partial charge is 0.355 e. The Balaban J connectivity index is 0.000000980. The summed E-state index contributed by atoms with van der Waals surface area (Å²) in [5.41, 5.74) is 7.86. The van der Waals surface area contributed by atoms with Gasteiger partial charge >= 0.3 is 0 Å². The Bertz CT molecular complexity index is 1080. The molecular weight excluding hydrogens is 480 g/mol. The second-order valence-electron chi connectivity index (χ2n) is 5.91. The molecule has 5 heterocycles. The Kier molecular flexibility index (Phi) is 5.59. The normalized spacial score (nSPS) is 11.7. The molecule has 26 heavy (non-hydrogen) atoms. The van der Waals surface area contributed by atoms with Crippen molar-refractivity contribution >= 4 is 70.3 Å². The van der Waals surface area contributed by atoms with Gasteiger partial charge in [0.2, 0.25) is 0 Å². The van der Waals surface area contributed by atoms with Gasteiger partial charge in [-0.25, -0.2) is 9.97 Å². The summed E-state index contributed by atoms with van der Waals surface area (Å²) in [6.07, 6.45) is 8.05. The van der Waals surface area contributed by atoms with Crippen molar-refractivity contribution in [1.82, 2.24) is 19.9 Å². The number of hydrogen-bond acceptors (Lipinski definition) is 2. The minimum Gasteiger partial charge on any atom is -0.355 e. The van der Waals surface area contributed by atoms with Gasteiger partial charge in [0.05, 0.1) is 22.8 Å². The van der Waals surface area contributed by atoms with Crippen LogP contribution in [0.3, 0.4) is 0 Å². The van der Waals surface area contributed by atoms with Crippen LogP contribution in [0.15, 0.2) is 48.5 Å². The standard InChI is InChI=1S/C20H14N4.Sn.Zn/c1-2-14-10-16-5-6-18(23-16)12-20-8-7-19(24-20)11-17-4-3-15(22-17)9-13(1)21-14;;/h1-12,21-22H;;. The van der Waals surface area contributed by atoms with E-state index >= 15 is 0 Å². The van der Waals surface area contributed by atoms with Crippen molar-refractivity contribution in [2.75, 3.05) is 0 Å². The topological polar surface area (TPSA) is 57.4 Å². The number of aromatic amines is 2. The maximum absolute atomic E-state index is 4.62.